The number of phenols is 1. The van der Waals surface area contributed by atoms with Crippen LogP contribution in [-0.4, -0.2) is 16.8 Å². The maximum atomic E-state index is 10.7. The molecule has 1 atom stereocenters. The lowest BCUT2D eigenvalue weighted by molar-refractivity contribution is 0.102. The fourth-order valence-electron chi connectivity index (χ4n) is 2.01. The maximum absolute atomic E-state index is 10.7. The van der Waals surface area contributed by atoms with Gasteiger partial charge in [-0.15, -0.1) is 0 Å². The molecule has 0 heterocycles. The normalized spacial score (nSPS) is 13.8. The Balaban J connectivity index is 2.37. The lowest BCUT2D eigenvalue weighted by atomic mass is 9.88. The van der Waals surface area contributed by atoms with Gasteiger partial charge in [0, 0.05) is 0 Å². The van der Waals surface area contributed by atoms with Crippen LogP contribution >= 0.6 is 0 Å². The predicted octanol–water partition coefficient (Wildman–Crippen LogP) is 3.05. The van der Waals surface area contributed by atoms with Gasteiger partial charge in [0.25, 0.3) is 0 Å². The second-order valence-electron chi connectivity index (χ2n) is 4.58. The first kappa shape index (κ1) is 13.4. The highest BCUT2D eigenvalue weighted by Crippen LogP contribution is 2.31. The van der Waals surface area contributed by atoms with Gasteiger partial charge in [0.05, 0.1) is 6.61 Å². The molecule has 1 unspecified atom stereocenters. The number of aliphatic hydroxyl groups is 1. The lowest BCUT2D eigenvalue weighted by Crippen LogP contribution is -2.22. The number of benzene rings is 2. The third kappa shape index (κ3) is 2.88. The van der Waals surface area contributed by atoms with Gasteiger partial charge in [-0.3, -0.25) is 0 Å². The zero-order valence-electron chi connectivity index (χ0n) is 11.1. The number of aromatic hydroxyl groups is 1. The van der Waals surface area contributed by atoms with Crippen LogP contribution in [0.2, 0.25) is 0 Å². The van der Waals surface area contributed by atoms with Crippen molar-refractivity contribution in [3.05, 3.63) is 59.7 Å². The van der Waals surface area contributed by atoms with Crippen LogP contribution in [-0.2, 0) is 5.60 Å². The summed E-state index contributed by atoms with van der Waals surface area (Å²) in [4.78, 5) is 0. The van der Waals surface area contributed by atoms with E-state index >= 15 is 0 Å². The highest BCUT2D eigenvalue weighted by atomic mass is 16.5. The van der Waals surface area contributed by atoms with Gasteiger partial charge in [0.2, 0.25) is 0 Å². The molecule has 0 aliphatic carbocycles. The summed E-state index contributed by atoms with van der Waals surface area (Å²) in [5, 5.41) is 20.0. The molecule has 100 valence electrons. The summed E-state index contributed by atoms with van der Waals surface area (Å²) in [5.74, 6) is 0.918. The SMILES string of the molecule is CCOc1cccc(C(C)(O)c2ccc(O)cc2)c1. The predicted molar refractivity (Wildman–Crippen MR) is 74.4 cm³/mol. The second-order valence-corrected chi connectivity index (χ2v) is 4.58. The first-order valence-corrected chi connectivity index (χ1v) is 6.29. The van der Waals surface area contributed by atoms with E-state index in [0.29, 0.717) is 6.61 Å². The molecule has 2 N–H and O–H groups in total. The molecule has 0 aliphatic rings. The molecule has 0 amide bonds. The summed E-state index contributed by atoms with van der Waals surface area (Å²) in [6.07, 6.45) is 0. The van der Waals surface area contributed by atoms with Gasteiger partial charge in [0.15, 0.2) is 0 Å². The van der Waals surface area contributed by atoms with Crippen molar-refractivity contribution in [3.63, 3.8) is 0 Å². The standard InChI is InChI=1S/C16H18O3/c1-3-19-15-6-4-5-13(11-15)16(2,18)12-7-9-14(17)10-8-12/h4-11,17-18H,3H2,1-2H3. The minimum Gasteiger partial charge on any atom is -0.508 e. The number of rotatable bonds is 4. The van der Waals surface area contributed by atoms with Crippen molar-refractivity contribution in [1.29, 1.82) is 0 Å². The van der Waals surface area contributed by atoms with Crippen molar-refractivity contribution in [2.45, 2.75) is 19.4 Å². The Morgan fingerprint density at radius 3 is 2.37 bits per heavy atom. The van der Waals surface area contributed by atoms with Gasteiger partial charge in [0.1, 0.15) is 17.1 Å². The molecular weight excluding hydrogens is 240 g/mol. The van der Waals surface area contributed by atoms with E-state index < -0.39 is 5.60 Å². The molecule has 0 aromatic heterocycles. The molecule has 2 rings (SSSR count). The monoisotopic (exact) mass is 258 g/mol. The van der Waals surface area contributed by atoms with E-state index in [0.717, 1.165) is 16.9 Å². The zero-order chi connectivity index (χ0) is 13.9. The summed E-state index contributed by atoms with van der Waals surface area (Å²) in [6, 6.07) is 14.0. The number of hydrogen-bond donors (Lipinski definition) is 2. The summed E-state index contributed by atoms with van der Waals surface area (Å²) in [5.41, 5.74) is 0.351. The molecule has 0 saturated heterocycles. The largest absolute Gasteiger partial charge is 0.508 e. The van der Waals surface area contributed by atoms with E-state index in [4.69, 9.17) is 4.74 Å². The van der Waals surface area contributed by atoms with Crippen molar-refractivity contribution in [2.24, 2.45) is 0 Å². The van der Waals surface area contributed by atoms with Crippen LogP contribution in [0.15, 0.2) is 48.5 Å². The maximum Gasteiger partial charge on any atom is 0.119 e. The van der Waals surface area contributed by atoms with Crippen LogP contribution in [0.25, 0.3) is 0 Å². The highest BCUT2D eigenvalue weighted by molar-refractivity contribution is 5.40. The van der Waals surface area contributed by atoms with E-state index in [-0.39, 0.29) is 5.75 Å². The molecule has 0 saturated carbocycles. The molecule has 2 aromatic rings. The Bertz CT molecular complexity index is 544. The van der Waals surface area contributed by atoms with Gasteiger partial charge in [-0.05, 0) is 49.2 Å². The Kier molecular flexibility index (Phi) is 3.76. The molecule has 0 bridgehead atoms. The molecule has 0 fully saturated rings. The zero-order valence-corrected chi connectivity index (χ0v) is 11.1. The summed E-state index contributed by atoms with van der Waals surface area (Å²) >= 11 is 0. The number of phenolic OH excluding ortho intramolecular Hbond substituents is 1. The minimum atomic E-state index is -1.12. The van der Waals surface area contributed by atoms with Crippen molar-refractivity contribution < 1.29 is 14.9 Å². The van der Waals surface area contributed by atoms with Gasteiger partial charge in [-0.25, -0.2) is 0 Å². The number of hydrogen-bond acceptors (Lipinski definition) is 3. The van der Waals surface area contributed by atoms with Crippen LogP contribution in [0.4, 0.5) is 0 Å². The quantitative estimate of drug-likeness (QED) is 0.886. The van der Waals surface area contributed by atoms with Crippen LogP contribution < -0.4 is 4.74 Å². The first-order chi connectivity index (χ1) is 9.04. The molecule has 0 radical (unpaired) electrons. The fraction of sp³-hybridized carbons (Fsp3) is 0.250. The van der Waals surface area contributed by atoms with Crippen molar-refractivity contribution >= 4 is 0 Å². The number of ether oxygens (including phenoxy) is 1. The Morgan fingerprint density at radius 1 is 1.05 bits per heavy atom. The fourth-order valence-corrected chi connectivity index (χ4v) is 2.01. The molecule has 3 heteroatoms. The average Bonchev–Trinajstić information content (AvgIpc) is 2.40. The highest BCUT2D eigenvalue weighted by Gasteiger charge is 2.25. The molecule has 2 aromatic carbocycles. The molecule has 3 nitrogen and oxygen atoms in total. The van der Waals surface area contributed by atoms with E-state index in [2.05, 4.69) is 0 Å². The average molecular weight is 258 g/mol. The summed E-state index contributed by atoms with van der Waals surface area (Å²) in [7, 11) is 0. The Hall–Kier alpha value is -2.00. The third-order valence-electron chi connectivity index (χ3n) is 3.14. The molecule has 19 heavy (non-hydrogen) atoms. The Labute approximate surface area is 113 Å². The molecule has 0 spiro atoms. The third-order valence-corrected chi connectivity index (χ3v) is 3.14. The van der Waals surface area contributed by atoms with Crippen LogP contribution in [0.5, 0.6) is 11.5 Å². The van der Waals surface area contributed by atoms with Crippen molar-refractivity contribution in [2.75, 3.05) is 6.61 Å². The van der Waals surface area contributed by atoms with E-state index in [9.17, 15) is 10.2 Å². The van der Waals surface area contributed by atoms with Gasteiger partial charge in [-0.1, -0.05) is 24.3 Å². The summed E-state index contributed by atoms with van der Waals surface area (Å²) < 4.78 is 5.45. The van der Waals surface area contributed by atoms with E-state index in [1.54, 1.807) is 31.2 Å². The Morgan fingerprint density at radius 2 is 1.74 bits per heavy atom. The van der Waals surface area contributed by atoms with Gasteiger partial charge in [-0.2, -0.15) is 0 Å². The van der Waals surface area contributed by atoms with Crippen molar-refractivity contribution in [1.82, 2.24) is 0 Å². The van der Waals surface area contributed by atoms with Crippen molar-refractivity contribution in [3.8, 4) is 11.5 Å². The van der Waals surface area contributed by atoms with Crippen LogP contribution in [0, 0.1) is 0 Å². The van der Waals surface area contributed by atoms with E-state index in [1.165, 1.54) is 0 Å². The minimum absolute atomic E-state index is 0.183. The van der Waals surface area contributed by atoms with Gasteiger partial charge >= 0.3 is 0 Å². The smallest absolute Gasteiger partial charge is 0.119 e. The van der Waals surface area contributed by atoms with Gasteiger partial charge < -0.3 is 14.9 Å². The molecular formula is C16H18O3. The second kappa shape index (κ2) is 5.33. The lowest BCUT2D eigenvalue weighted by Gasteiger charge is -2.25. The first-order valence-electron chi connectivity index (χ1n) is 6.29. The van der Waals surface area contributed by atoms with Crippen LogP contribution in [0.1, 0.15) is 25.0 Å². The van der Waals surface area contributed by atoms with Crippen LogP contribution in [0.3, 0.4) is 0 Å². The summed E-state index contributed by atoms with van der Waals surface area (Å²) in [6.45, 7) is 4.24. The topological polar surface area (TPSA) is 49.7 Å². The van der Waals surface area contributed by atoms with E-state index in [1.807, 2.05) is 31.2 Å². The molecule has 0 aliphatic heterocycles.